The van der Waals surface area contributed by atoms with E-state index in [2.05, 4.69) is 12.2 Å². The molecule has 1 saturated heterocycles. The summed E-state index contributed by atoms with van der Waals surface area (Å²) in [6, 6.07) is 0. The number of rotatable bonds is 4. The van der Waals surface area contributed by atoms with Crippen LogP contribution in [0.4, 0.5) is 0 Å². The molecule has 2 N–H and O–H groups in total. The van der Waals surface area contributed by atoms with Gasteiger partial charge in [0.2, 0.25) is 0 Å². The van der Waals surface area contributed by atoms with Gasteiger partial charge in [-0.25, -0.2) is 0 Å². The molecule has 0 radical (unpaired) electrons. The monoisotopic (exact) mass is 241 g/mol. The van der Waals surface area contributed by atoms with Crippen molar-refractivity contribution in [3.63, 3.8) is 0 Å². The van der Waals surface area contributed by atoms with Gasteiger partial charge >= 0.3 is 0 Å². The first-order valence-corrected chi connectivity index (χ1v) is 7.15. The van der Waals surface area contributed by atoms with Gasteiger partial charge in [-0.2, -0.15) is 0 Å². The molecule has 1 aliphatic carbocycles. The van der Waals surface area contributed by atoms with Crippen LogP contribution in [0, 0.1) is 11.8 Å². The van der Waals surface area contributed by atoms with Crippen LogP contribution in [0.2, 0.25) is 0 Å². The first kappa shape index (κ1) is 13.3. The van der Waals surface area contributed by atoms with E-state index in [0.29, 0.717) is 13.2 Å². The van der Waals surface area contributed by atoms with Crippen LogP contribution in [-0.2, 0) is 4.74 Å². The maximum atomic E-state index is 10.4. The van der Waals surface area contributed by atoms with E-state index in [-0.39, 0.29) is 6.10 Å². The van der Waals surface area contributed by atoms with Crippen LogP contribution in [0.3, 0.4) is 0 Å². The Morgan fingerprint density at radius 2 is 2.18 bits per heavy atom. The summed E-state index contributed by atoms with van der Waals surface area (Å²) in [6.07, 6.45) is 6.20. The molecule has 3 heteroatoms. The Morgan fingerprint density at radius 3 is 2.82 bits per heavy atom. The molecule has 0 aromatic heterocycles. The van der Waals surface area contributed by atoms with Crippen LogP contribution < -0.4 is 5.32 Å². The van der Waals surface area contributed by atoms with Gasteiger partial charge in [0.05, 0.1) is 6.10 Å². The summed E-state index contributed by atoms with van der Waals surface area (Å²) in [7, 11) is 0. The lowest BCUT2D eigenvalue weighted by Crippen LogP contribution is -2.47. The van der Waals surface area contributed by atoms with Crippen molar-refractivity contribution in [1.29, 1.82) is 0 Å². The van der Waals surface area contributed by atoms with Gasteiger partial charge in [0.25, 0.3) is 0 Å². The molecule has 0 amide bonds. The average molecular weight is 241 g/mol. The molecule has 1 saturated carbocycles. The predicted molar refractivity (Wildman–Crippen MR) is 69.0 cm³/mol. The summed E-state index contributed by atoms with van der Waals surface area (Å²) in [6.45, 7) is 6.75. The van der Waals surface area contributed by atoms with Gasteiger partial charge < -0.3 is 15.2 Å². The highest BCUT2D eigenvalue weighted by molar-refractivity contribution is 4.91. The molecule has 3 nitrogen and oxygen atoms in total. The summed E-state index contributed by atoms with van der Waals surface area (Å²) in [4.78, 5) is 0. The molecule has 2 fully saturated rings. The second-order valence-electron chi connectivity index (χ2n) is 6.14. The van der Waals surface area contributed by atoms with Gasteiger partial charge in [-0.05, 0) is 38.1 Å². The fraction of sp³-hybridized carbons (Fsp3) is 1.00. The molecule has 0 spiro atoms. The zero-order chi connectivity index (χ0) is 12.3. The lowest BCUT2D eigenvalue weighted by molar-refractivity contribution is -0.0267. The molecular formula is C14H27NO2. The van der Waals surface area contributed by atoms with E-state index >= 15 is 0 Å². The molecule has 1 aliphatic heterocycles. The Kier molecular flexibility index (Phi) is 4.45. The molecule has 2 rings (SSSR count). The van der Waals surface area contributed by atoms with Gasteiger partial charge in [0.15, 0.2) is 0 Å². The second-order valence-corrected chi connectivity index (χ2v) is 6.14. The second kappa shape index (κ2) is 5.68. The van der Waals surface area contributed by atoms with Gasteiger partial charge in [-0.15, -0.1) is 0 Å². The van der Waals surface area contributed by atoms with Gasteiger partial charge in [0, 0.05) is 19.6 Å². The summed E-state index contributed by atoms with van der Waals surface area (Å²) in [5.41, 5.74) is -0.639. The molecule has 2 aliphatic rings. The molecule has 100 valence electrons. The topological polar surface area (TPSA) is 41.5 Å². The van der Waals surface area contributed by atoms with Gasteiger partial charge in [0.1, 0.15) is 5.60 Å². The molecule has 0 aromatic rings. The van der Waals surface area contributed by atoms with Crippen molar-refractivity contribution in [1.82, 2.24) is 5.32 Å². The maximum absolute atomic E-state index is 10.4. The highest BCUT2D eigenvalue weighted by Crippen LogP contribution is 2.28. The zero-order valence-electron chi connectivity index (χ0n) is 11.2. The number of nitrogens with one attached hydrogen (secondary N) is 1. The Hall–Kier alpha value is -0.120. The van der Waals surface area contributed by atoms with Crippen LogP contribution in [-0.4, -0.2) is 36.5 Å². The number of aliphatic hydroxyl groups is 1. The summed E-state index contributed by atoms with van der Waals surface area (Å²) in [5, 5.41) is 13.8. The van der Waals surface area contributed by atoms with Crippen LogP contribution >= 0.6 is 0 Å². The Balaban J connectivity index is 1.68. The standard InChI is InChI=1S/C14H27NO2/c1-11-4-3-5-13(8-11)9-15-10-14(16)6-7-17-12(14)2/h11-13,15-16H,3-10H2,1-2H3. The molecule has 17 heavy (non-hydrogen) atoms. The van der Waals surface area contributed by atoms with E-state index in [0.717, 1.165) is 24.8 Å². The first-order chi connectivity index (χ1) is 8.10. The van der Waals surface area contributed by atoms with E-state index in [1.807, 2.05) is 6.92 Å². The molecular weight excluding hydrogens is 214 g/mol. The minimum absolute atomic E-state index is 0.0275. The van der Waals surface area contributed by atoms with Crippen LogP contribution in [0.15, 0.2) is 0 Å². The predicted octanol–water partition coefficient (Wildman–Crippen LogP) is 1.94. The van der Waals surface area contributed by atoms with Crippen molar-refractivity contribution in [2.24, 2.45) is 11.8 Å². The van der Waals surface area contributed by atoms with E-state index in [1.54, 1.807) is 0 Å². The van der Waals surface area contributed by atoms with Crippen LogP contribution in [0.1, 0.15) is 46.0 Å². The molecule has 0 aromatic carbocycles. The van der Waals surface area contributed by atoms with E-state index in [1.165, 1.54) is 25.7 Å². The van der Waals surface area contributed by atoms with E-state index in [4.69, 9.17) is 4.74 Å². The van der Waals surface area contributed by atoms with Crippen LogP contribution in [0.5, 0.6) is 0 Å². The van der Waals surface area contributed by atoms with Crippen molar-refractivity contribution in [2.75, 3.05) is 19.7 Å². The Bertz CT molecular complexity index is 246. The van der Waals surface area contributed by atoms with Crippen molar-refractivity contribution < 1.29 is 9.84 Å². The lowest BCUT2D eigenvalue weighted by Gasteiger charge is -2.30. The van der Waals surface area contributed by atoms with Crippen LogP contribution in [0.25, 0.3) is 0 Å². The average Bonchev–Trinajstić information content (AvgIpc) is 2.60. The van der Waals surface area contributed by atoms with Gasteiger partial charge in [-0.3, -0.25) is 0 Å². The zero-order valence-corrected chi connectivity index (χ0v) is 11.2. The highest BCUT2D eigenvalue weighted by atomic mass is 16.5. The number of hydrogen-bond donors (Lipinski definition) is 2. The quantitative estimate of drug-likeness (QED) is 0.790. The minimum Gasteiger partial charge on any atom is -0.386 e. The summed E-state index contributed by atoms with van der Waals surface area (Å²) < 4.78 is 5.44. The molecule has 1 heterocycles. The lowest BCUT2D eigenvalue weighted by atomic mass is 9.82. The highest BCUT2D eigenvalue weighted by Gasteiger charge is 2.39. The smallest absolute Gasteiger partial charge is 0.105 e. The molecule has 4 atom stereocenters. The van der Waals surface area contributed by atoms with Crippen molar-refractivity contribution in [3.8, 4) is 0 Å². The largest absolute Gasteiger partial charge is 0.386 e. The number of ether oxygens (including phenoxy) is 1. The fourth-order valence-electron chi connectivity index (χ4n) is 3.24. The molecule has 4 unspecified atom stereocenters. The third-order valence-corrected chi connectivity index (χ3v) is 4.57. The summed E-state index contributed by atoms with van der Waals surface area (Å²) >= 11 is 0. The Morgan fingerprint density at radius 1 is 1.35 bits per heavy atom. The normalized spacial score (nSPS) is 42.9. The molecule has 0 bridgehead atoms. The van der Waals surface area contributed by atoms with Crippen molar-refractivity contribution in [3.05, 3.63) is 0 Å². The first-order valence-electron chi connectivity index (χ1n) is 7.15. The maximum Gasteiger partial charge on any atom is 0.105 e. The fourth-order valence-corrected chi connectivity index (χ4v) is 3.24. The van der Waals surface area contributed by atoms with Crippen molar-refractivity contribution in [2.45, 2.75) is 57.7 Å². The summed E-state index contributed by atoms with van der Waals surface area (Å²) in [5.74, 6) is 1.69. The minimum atomic E-state index is -0.639. The Labute approximate surface area is 105 Å². The van der Waals surface area contributed by atoms with E-state index < -0.39 is 5.60 Å². The van der Waals surface area contributed by atoms with Crippen molar-refractivity contribution >= 4 is 0 Å². The number of hydrogen-bond acceptors (Lipinski definition) is 3. The van der Waals surface area contributed by atoms with E-state index in [9.17, 15) is 5.11 Å². The SMILES string of the molecule is CC1CCCC(CNCC2(O)CCOC2C)C1. The third kappa shape index (κ3) is 3.43. The van der Waals surface area contributed by atoms with Gasteiger partial charge in [-0.1, -0.05) is 19.8 Å². The third-order valence-electron chi connectivity index (χ3n) is 4.57.